The van der Waals surface area contributed by atoms with Crippen molar-refractivity contribution in [3.8, 4) is 0 Å². The van der Waals surface area contributed by atoms with E-state index >= 15 is 0 Å². The number of hydrogen-bond donors (Lipinski definition) is 3. The molecule has 0 amide bonds. The fourth-order valence-electron chi connectivity index (χ4n) is 4.53. The fraction of sp³-hybridized carbons (Fsp3) is 0.586. The van der Waals surface area contributed by atoms with Gasteiger partial charge in [0.25, 0.3) is 0 Å². The first-order valence-electron chi connectivity index (χ1n) is 12.8. The minimum atomic E-state index is -1.03. The van der Waals surface area contributed by atoms with Crippen molar-refractivity contribution >= 4 is 11.9 Å². The Morgan fingerprint density at radius 2 is 1.61 bits per heavy atom. The van der Waals surface area contributed by atoms with Crippen molar-refractivity contribution in [2.45, 2.75) is 90.8 Å². The molecular weight excluding hydrogens is 460 g/mol. The van der Waals surface area contributed by atoms with E-state index in [4.69, 9.17) is 19.7 Å². The number of ether oxygens (including phenoxy) is 2. The minimum absolute atomic E-state index is 0.0103. The highest BCUT2D eigenvalue weighted by atomic mass is 16.7. The van der Waals surface area contributed by atoms with Gasteiger partial charge in [-0.15, -0.1) is 0 Å². The second-order valence-corrected chi connectivity index (χ2v) is 10.4. The first kappa shape index (κ1) is 29.7. The molecule has 2 heterocycles. The molecule has 200 valence electrons. The predicted molar refractivity (Wildman–Crippen MR) is 139 cm³/mol. The fourth-order valence-corrected chi connectivity index (χ4v) is 4.53. The average molecular weight is 503 g/mol. The monoisotopic (exact) mass is 502 g/mol. The van der Waals surface area contributed by atoms with Gasteiger partial charge < -0.3 is 24.8 Å². The van der Waals surface area contributed by atoms with Crippen molar-refractivity contribution in [2.24, 2.45) is 17.8 Å². The van der Waals surface area contributed by atoms with Gasteiger partial charge in [0.2, 0.25) is 0 Å². The highest BCUT2D eigenvalue weighted by Crippen LogP contribution is 2.43. The van der Waals surface area contributed by atoms with Crippen molar-refractivity contribution in [3.63, 3.8) is 0 Å². The van der Waals surface area contributed by atoms with Gasteiger partial charge in [0.15, 0.2) is 5.79 Å². The summed E-state index contributed by atoms with van der Waals surface area (Å²) in [6, 6.07) is 0. The zero-order chi connectivity index (χ0) is 26.9. The van der Waals surface area contributed by atoms with Gasteiger partial charge in [0.1, 0.15) is 0 Å². The van der Waals surface area contributed by atoms with Crippen LogP contribution in [0.15, 0.2) is 59.8 Å². The van der Waals surface area contributed by atoms with Crippen molar-refractivity contribution < 1.29 is 34.4 Å². The summed E-state index contributed by atoms with van der Waals surface area (Å²) in [4.78, 5) is 21.5. The normalized spacial score (nSPS) is 31.9. The Morgan fingerprint density at radius 3 is 2.25 bits per heavy atom. The summed E-state index contributed by atoms with van der Waals surface area (Å²) in [5, 5.41) is 27.9. The van der Waals surface area contributed by atoms with E-state index in [-0.39, 0.29) is 18.1 Å². The summed E-state index contributed by atoms with van der Waals surface area (Å²) in [5.41, 5.74) is 1.67. The van der Waals surface area contributed by atoms with Crippen LogP contribution in [0.3, 0.4) is 0 Å². The molecule has 36 heavy (non-hydrogen) atoms. The Bertz CT molecular complexity index is 909. The Kier molecular flexibility index (Phi) is 11.3. The van der Waals surface area contributed by atoms with Crippen LogP contribution >= 0.6 is 0 Å². The number of aliphatic hydroxyl groups excluding tert-OH is 1. The number of carboxylic acid groups (broad SMARTS) is 2. The molecule has 0 bridgehead atoms. The summed E-state index contributed by atoms with van der Waals surface area (Å²) in [7, 11) is 0. The van der Waals surface area contributed by atoms with Gasteiger partial charge in [-0.05, 0) is 50.5 Å². The summed E-state index contributed by atoms with van der Waals surface area (Å²) in [6.45, 7) is 9.84. The first-order chi connectivity index (χ1) is 16.9. The van der Waals surface area contributed by atoms with Crippen molar-refractivity contribution in [2.75, 3.05) is 0 Å². The summed E-state index contributed by atoms with van der Waals surface area (Å²) in [5.74, 6) is -2.22. The molecule has 0 aromatic heterocycles. The van der Waals surface area contributed by atoms with E-state index in [1.807, 2.05) is 25.2 Å². The van der Waals surface area contributed by atoms with Crippen LogP contribution in [0.4, 0.5) is 0 Å². The molecule has 2 unspecified atom stereocenters. The second kappa shape index (κ2) is 13.7. The van der Waals surface area contributed by atoms with E-state index in [1.54, 1.807) is 19.9 Å². The highest BCUT2D eigenvalue weighted by Gasteiger charge is 2.45. The van der Waals surface area contributed by atoms with Gasteiger partial charge in [-0.3, -0.25) is 0 Å². The largest absolute Gasteiger partial charge is 0.478 e. The van der Waals surface area contributed by atoms with E-state index in [2.05, 4.69) is 19.9 Å². The van der Waals surface area contributed by atoms with E-state index in [0.717, 1.165) is 43.8 Å². The Labute approximate surface area is 214 Å². The molecule has 2 aliphatic heterocycles. The van der Waals surface area contributed by atoms with Crippen LogP contribution in [-0.4, -0.2) is 51.4 Å². The lowest BCUT2D eigenvalue weighted by atomic mass is 9.83. The number of carbonyl (C=O) groups is 2. The number of hydrogen-bond acceptors (Lipinski definition) is 5. The van der Waals surface area contributed by atoms with Crippen LogP contribution in [0.2, 0.25) is 0 Å². The number of carboxylic acids is 2. The average Bonchev–Trinajstić information content (AvgIpc) is 2.81. The molecule has 0 aromatic carbocycles. The van der Waals surface area contributed by atoms with Gasteiger partial charge in [0.05, 0.1) is 18.3 Å². The molecule has 7 atom stereocenters. The van der Waals surface area contributed by atoms with Crippen LogP contribution < -0.4 is 0 Å². The second-order valence-electron chi connectivity index (χ2n) is 10.4. The zero-order valence-electron chi connectivity index (χ0n) is 22.1. The highest BCUT2D eigenvalue weighted by molar-refractivity contribution is 5.81. The summed E-state index contributed by atoms with van der Waals surface area (Å²) < 4.78 is 13.1. The SMILES string of the molecule is CC(/C=C/C(O)C(C)/C=C/C(=O)O)=C\C[C@@H]1O[C@]2(CC[C@H]1C)CC[C@@H](C)[C@@H](/C=C/C(C)=C/C(=O)O)O2. The molecule has 0 aliphatic carbocycles. The van der Waals surface area contributed by atoms with E-state index < -0.39 is 23.8 Å². The van der Waals surface area contributed by atoms with Crippen LogP contribution in [0.5, 0.6) is 0 Å². The number of allylic oxidation sites excluding steroid dienone is 4. The third-order valence-corrected chi connectivity index (χ3v) is 7.08. The molecule has 2 rings (SSSR count). The minimum Gasteiger partial charge on any atom is -0.478 e. The lowest BCUT2D eigenvalue weighted by Gasteiger charge is -2.49. The molecule has 0 aromatic rings. The molecule has 2 fully saturated rings. The third-order valence-electron chi connectivity index (χ3n) is 7.08. The number of aliphatic carboxylic acids is 2. The topological polar surface area (TPSA) is 113 Å². The predicted octanol–water partition coefficient (Wildman–Crippen LogP) is 5.43. The van der Waals surface area contributed by atoms with Gasteiger partial charge in [0, 0.05) is 30.9 Å². The lowest BCUT2D eigenvalue weighted by molar-refractivity contribution is -0.323. The molecule has 2 saturated heterocycles. The van der Waals surface area contributed by atoms with Crippen molar-refractivity contribution in [1.29, 1.82) is 0 Å². The van der Waals surface area contributed by atoms with Gasteiger partial charge in [-0.25, -0.2) is 9.59 Å². The number of rotatable bonds is 10. The molecular formula is C29H42O7. The van der Waals surface area contributed by atoms with Gasteiger partial charge >= 0.3 is 11.9 Å². The van der Waals surface area contributed by atoms with Gasteiger partial charge in [-0.1, -0.05) is 62.8 Å². The first-order valence-corrected chi connectivity index (χ1v) is 12.8. The maximum Gasteiger partial charge on any atom is 0.328 e. The van der Waals surface area contributed by atoms with Crippen LogP contribution in [0.1, 0.15) is 66.7 Å². The molecule has 1 spiro atoms. The maximum absolute atomic E-state index is 10.9. The molecule has 7 nitrogen and oxygen atoms in total. The molecule has 2 aliphatic rings. The Morgan fingerprint density at radius 1 is 0.944 bits per heavy atom. The maximum atomic E-state index is 10.9. The van der Waals surface area contributed by atoms with Crippen LogP contribution in [0.25, 0.3) is 0 Å². The van der Waals surface area contributed by atoms with Crippen molar-refractivity contribution in [3.05, 3.63) is 59.8 Å². The summed E-state index contributed by atoms with van der Waals surface area (Å²) in [6.07, 6.45) is 16.6. The lowest BCUT2D eigenvalue weighted by Crippen LogP contribution is -2.51. The molecule has 0 saturated carbocycles. The van der Waals surface area contributed by atoms with Crippen molar-refractivity contribution in [1.82, 2.24) is 0 Å². The molecule has 3 N–H and O–H groups in total. The van der Waals surface area contributed by atoms with Crippen LogP contribution in [0, 0.1) is 17.8 Å². The number of aliphatic hydroxyl groups is 1. The zero-order valence-corrected chi connectivity index (χ0v) is 22.1. The standard InChI is InChI=1S/C29H42O7/c1-19(6-10-24(30)21(3)9-13-27(31)32)7-11-25-22(4)14-16-29(35-25)17-15-23(5)26(36-29)12-8-20(2)18-28(33)34/h6-10,12-13,18,21-26,30H,11,14-17H2,1-5H3,(H,31,32)(H,33,34)/b10-6+,12-8+,13-9+,19-7+,20-18+/t21?,22-,23-,24?,25+,26-,29+/m1/s1. The quantitative estimate of drug-likeness (QED) is 0.270. The van der Waals surface area contributed by atoms with E-state index in [1.165, 1.54) is 12.2 Å². The summed E-state index contributed by atoms with van der Waals surface area (Å²) >= 11 is 0. The van der Waals surface area contributed by atoms with Crippen LogP contribution in [-0.2, 0) is 19.1 Å². The van der Waals surface area contributed by atoms with E-state index in [0.29, 0.717) is 17.4 Å². The van der Waals surface area contributed by atoms with E-state index in [9.17, 15) is 14.7 Å². The molecule has 7 heteroatoms. The van der Waals surface area contributed by atoms with Gasteiger partial charge in [-0.2, -0.15) is 0 Å². The Hall–Kier alpha value is -2.48. The third kappa shape index (κ3) is 9.52. The smallest absolute Gasteiger partial charge is 0.328 e. The molecule has 0 radical (unpaired) electrons. The Balaban J connectivity index is 2.01.